The molecule has 0 spiro atoms. The number of anilines is 2. The van der Waals surface area contributed by atoms with Crippen molar-refractivity contribution in [1.82, 2.24) is 0 Å². The normalized spacial score (nSPS) is 13.4. The highest BCUT2D eigenvalue weighted by molar-refractivity contribution is 6.10. The molecule has 0 unspecified atom stereocenters. The first-order valence-electron chi connectivity index (χ1n) is 8.81. The highest BCUT2D eigenvalue weighted by Crippen LogP contribution is 2.39. The van der Waals surface area contributed by atoms with Crippen LogP contribution in [0.5, 0.6) is 11.5 Å². The summed E-state index contributed by atoms with van der Waals surface area (Å²) in [6.45, 7) is 8.49. The number of carbonyl (C=O) groups excluding carboxylic acids is 2. The monoisotopic (exact) mass is 352 g/mol. The minimum atomic E-state index is -0.139. The summed E-state index contributed by atoms with van der Waals surface area (Å²) in [7, 11) is 0. The second-order valence-electron chi connectivity index (χ2n) is 7.62. The van der Waals surface area contributed by atoms with Crippen molar-refractivity contribution in [3.63, 3.8) is 0 Å². The van der Waals surface area contributed by atoms with Gasteiger partial charge in [0, 0.05) is 18.7 Å². The fourth-order valence-corrected chi connectivity index (χ4v) is 3.00. The van der Waals surface area contributed by atoms with Crippen LogP contribution in [-0.2, 0) is 4.79 Å². The summed E-state index contributed by atoms with van der Waals surface area (Å²) >= 11 is 0. The second-order valence-corrected chi connectivity index (χ2v) is 7.62. The van der Waals surface area contributed by atoms with E-state index in [1.807, 2.05) is 52.0 Å². The molecule has 2 amide bonds. The molecule has 2 aromatic carbocycles. The summed E-state index contributed by atoms with van der Waals surface area (Å²) in [5.41, 5.74) is 1.68. The van der Waals surface area contributed by atoms with Crippen molar-refractivity contribution in [2.45, 2.75) is 34.1 Å². The largest absolute Gasteiger partial charge is 0.454 e. The van der Waals surface area contributed by atoms with Gasteiger partial charge in [-0.3, -0.25) is 9.59 Å². The topological polar surface area (TPSA) is 58.6 Å². The molecule has 0 aromatic heterocycles. The Kier molecular flexibility index (Phi) is 4.72. The number of rotatable bonds is 3. The lowest BCUT2D eigenvalue weighted by Crippen LogP contribution is -2.29. The van der Waals surface area contributed by atoms with Crippen LogP contribution in [0.2, 0.25) is 0 Å². The first kappa shape index (κ1) is 18.0. The molecule has 136 valence electrons. The maximum atomic E-state index is 13.0. The van der Waals surface area contributed by atoms with Crippen LogP contribution in [0.4, 0.5) is 11.4 Å². The Hall–Kier alpha value is -2.82. The zero-order chi connectivity index (χ0) is 18.9. The number of amides is 2. The van der Waals surface area contributed by atoms with Gasteiger partial charge in [-0.15, -0.1) is 0 Å². The molecule has 1 N–H and O–H groups in total. The van der Waals surface area contributed by atoms with Crippen LogP contribution in [0.25, 0.3) is 0 Å². The molecular weight excluding hydrogens is 328 g/mol. The molecule has 5 nitrogen and oxygen atoms in total. The Morgan fingerprint density at radius 1 is 1.12 bits per heavy atom. The molecule has 1 heterocycles. The Bertz CT molecular complexity index is 853. The molecule has 26 heavy (non-hydrogen) atoms. The predicted molar refractivity (Wildman–Crippen MR) is 103 cm³/mol. The van der Waals surface area contributed by atoms with Gasteiger partial charge >= 0.3 is 0 Å². The number of nitrogens with one attached hydrogen (secondary N) is 1. The molecule has 0 bridgehead atoms. The van der Waals surface area contributed by atoms with Crippen molar-refractivity contribution in [3.05, 3.63) is 48.0 Å². The highest BCUT2D eigenvalue weighted by Gasteiger charge is 2.27. The van der Waals surface area contributed by atoms with Gasteiger partial charge < -0.3 is 15.0 Å². The smallest absolute Gasteiger partial charge is 0.262 e. The lowest BCUT2D eigenvalue weighted by molar-refractivity contribution is -0.117. The molecule has 1 aliphatic heterocycles. The molecule has 0 aliphatic carbocycles. The Balaban J connectivity index is 1.94. The second kappa shape index (κ2) is 6.83. The van der Waals surface area contributed by atoms with Crippen molar-refractivity contribution >= 4 is 23.2 Å². The zero-order valence-electron chi connectivity index (χ0n) is 15.6. The van der Waals surface area contributed by atoms with E-state index in [1.165, 1.54) is 0 Å². The average Bonchev–Trinajstić information content (AvgIpc) is 2.67. The van der Waals surface area contributed by atoms with Gasteiger partial charge in [-0.25, -0.2) is 0 Å². The number of hydrogen-bond donors (Lipinski definition) is 1. The van der Waals surface area contributed by atoms with E-state index in [9.17, 15) is 9.59 Å². The van der Waals surface area contributed by atoms with Crippen molar-refractivity contribution in [3.8, 4) is 11.5 Å². The van der Waals surface area contributed by atoms with E-state index in [4.69, 9.17) is 4.74 Å². The van der Waals surface area contributed by atoms with Crippen LogP contribution >= 0.6 is 0 Å². The highest BCUT2D eigenvalue weighted by atomic mass is 16.5. The van der Waals surface area contributed by atoms with Gasteiger partial charge in [-0.2, -0.15) is 0 Å². The molecule has 2 aromatic rings. The first-order chi connectivity index (χ1) is 12.3. The molecule has 5 heteroatoms. The number of para-hydroxylation sites is 2. The number of nitrogens with zero attached hydrogens (tertiary/aromatic N) is 1. The van der Waals surface area contributed by atoms with Crippen LogP contribution in [0.15, 0.2) is 42.5 Å². The number of benzene rings is 2. The number of ether oxygens (including phenoxy) is 1. The summed E-state index contributed by atoms with van der Waals surface area (Å²) in [4.78, 5) is 26.9. The van der Waals surface area contributed by atoms with Crippen molar-refractivity contribution in [2.75, 3.05) is 16.8 Å². The summed E-state index contributed by atoms with van der Waals surface area (Å²) < 4.78 is 5.97. The molecule has 0 saturated carbocycles. The quantitative estimate of drug-likeness (QED) is 0.860. The Morgan fingerprint density at radius 2 is 1.85 bits per heavy atom. The Labute approximate surface area is 154 Å². The van der Waals surface area contributed by atoms with Gasteiger partial charge in [0.15, 0.2) is 5.75 Å². The van der Waals surface area contributed by atoms with Gasteiger partial charge in [0.25, 0.3) is 5.91 Å². The van der Waals surface area contributed by atoms with Gasteiger partial charge in [0.05, 0.1) is 11.3 Å². The van der Waals surface area contributed by atoms with E-state index < -0.39 is 0 Å². The third-order valence-corrected chi connectivity index (χ3v) is 4.12. The van der Waals surface area contributed by atoms with E-state index in [2.05, 4.69) is 5.32 Å². The van der Waals surface area contributed by atoms with E-state index in [0.717, 1.165) is 5.69 Å². The summed E-state index contributed by atoms with van der Waals surface area (Å²) in [5, 5.41) is 2.88. The minimum Gasteiger partial charge on any atom is -0.454 e. The van der Waals surface area contributed by atoms with Crippen molar-refractivity contribution in [2.24, 2.45) is 5.41 Å². The first-order valence-corrected chi connectivity index (χ1v) is 8.81. The molecule has 3 rings (SSSR count). The van der Waals surface area contributed by atoms with Gasteiger partial charge in [-0.1, -0.05) is 32.9 Å². The standard InChI is InChI=1S/C21H24N2O3/c1-5-23-16-8-6-7-9-18(16)26-17-11-10-14(12-15(17)20(23)25)22-19(24)13-21(2,3)4/h6-12H,5,13H2,1-4H3,(H,22,24). The average molecular weight is 352 g/mol. The third kappa shape index (κ3) is 3.72. The van der Waals surface area contributed by atoms with Crippen LogP contribution in [0.1, 0.15) is 44.5 Å². The van der Waals surface area contributed by atoms with E-state index in [0.29, 0.717) is 35.7 Å². The van der Waals surface area contributed by atoms with Crippen LogP contribution in [-0.4, -0.2) is 18.4 Å². The molecule has 0 radical (unpaired) electrons. The van der Waals surface area contributed by atoms with E-state index >= 15 is 0 Å². The van der Waals surface area contributed by atoms with Gasteiger partial charge in [-0.05, 0) is 42.7 Å². The number of fused-ring (bicyclic) bond motifs is 2. The molecule has 1 aliphatic rings. The Morgan fingerprint density at radius 3 is 2.54 bits per heavy atom. The van der Waals surface area contributed by atoms with Crippen molar-refractivity contribution in [1.29, 1.82) is 0 Å². The number of carbonyl (C=O) groups is 2. The van der Waals surface area contributed by atoms with Gasteiger partial charge in [0.1, 0.15) is 5.75 Å². The van der Waals surface area contributed by atoms with Crippen LogP contribution in [0.3, 0.4) is 0 Å². The summed E-state index contributed by atoms with van der Waals surface area (Å²) in [5.74, 6) is 0.924. The van der Waals surface area contributed by atoms with Gasteiger partial charge in [0.2, 0.25) is 5.91 Å². The van der Waals surface area contributed by atoms with E-state index in [1.54, 1.807) is 23.1 Å². The minimum absolute atomic E-state index is 0.0740. The van der Waals surface area contributed by atoms with Crippen LogP contribution < -0.4 is 15.0 Å². The lowest BCUT2D eigenvalue weighted by Gasteiger charge is -2.20. The zero-order valence-corrected chi connectivity index (χ0v) is 15.6. The maximum Gasteiger partial charge on any atom is 0.262 e. The third-order valence-electron chi connectivity index (χ3n) is 4.12. The summed E-state index contributed by atoms with van der Waals surface area (Å²) in [6, 6.07) is 12.7. The van der Waals surface area contributed by atoms with Crippen LogP contribution in [0, 0.1) is 5.41 Å². The molecular formula is C21H24N2O3. The fraction of sp³-hybridized carbons (Fsp3) is 0.333. The molecule has 0 atom stereocenters. The lowest BCUT2D eigenvalue weighted by atomic mass is 9.92. The van der Waals surface area contributed by atoms with E-state index in [-0.39, 0.29) is 17.2 Å². The predicted octanol–water partition coefficient (Wildman–Crippen LogP) is 4.83. The number of hydrogen-bond acceptors (Lipinski definition) is 3. The fourth-order valence-electron chi connectivity index (χ4n) is 3.00. The van der Waals surface area contributed by atoms with Crippen molar-refractivity contribution < 1.29 is 14.3 Å². The molecule has 0 saturated heterocycles. The molecule has 0 fully saturated rings. The summed E-state index contributed by atoms with van der Waals surface area (Å²) in [6.07, 6.45) is 0.404. The maximum absolute atomic E-state index is 13.0. The SMILES string of the molecule is CCN1C(=O)c2cc(NC(=O)CC(C)(C)C)ccc2Oc2ccccc21.